The van der Waals surface area contributed by atoms with Crippen LogP contribution in [0.25, 0.3) is 0 Å². The lowest BCUT2D eigenvalue weighted by molar-refractivity contribution is 0.322. The Labute approximate surface area is 127 Å². The van der Waals surface area contributed by atoms with Gasteiger partial charge >= 0.3 is 0 Å². The van der Waals surface area contributed by atoms with Crippen LogP contribution in [0.4, 0.5) is 5.69 Å². The number of para-hydroxylation sites is 1. The van der Waals surface area contributed by atoms with Gasteiger partial charge in [0, 0.05) is 24.8 Å². The van der Waals surface area contributed by atoms with Crippen molar-refractivity contribution < 1.29 is 4.74 Å². The summed E-state index contributed by atoms with van der Waals surface area (Å²) >= 11 is 0. The molecule has 0 atom stereocenters. The van der Waals surface area contributed by atoms with Crippen LogP contribution in [0.5, 0.6) is 5.75 Å². The maximum Gasteiger partial charge on any atom is 0.123 e. The van der Waals surface area contributed by atoms with Gasteiger partial charge in [-0.2, -0.15) is 0 Å². The normalized spacial score (nSPS) is 10.5. The maximum absolute atomic E-state index is 5.86. The van der Waals surface area contributed by atoms with Crippen molar-refractivity contribution in [2.75, 3.05) is 25.1 Å². The molecule has 0 aromatic heterocycles. The Balaban J connectivity index is 1.93. The summed E-state index contributed by atoms with van der Waals surface area (Å²) in [6.07, 6.45) is 0. The third-order valence-corrected chi connectivity index (χ3v) is 3.52. The molecular weight excluding hydrogens is 260 g/mol. The summed E-state index contributed by atoms with van der Waals surface area (Å²) in [7, 11) is 2.09. The van der Waals surface area contributed by atoms with Gasteiger partial charge in [-0.1, -0.05) is 24.3 Å². The van der Waals surface area contributed by atoms with Gasteiger partial charge in [0.1, 0.15) is 12.4 Å². The number of nitrogens with zero attached hydrogens (tertiary/aromatic N) is 1. The lowest BCUT2D eigenvalue weighted by Gasteiger charge is -2.21. The molecule has 0 radical (unpaired) electrons. The highest BCUT2D eigenvalue weighted by Crippen LogP contribution is 2.19. The number of benzene rings is 2. The van der Waals surface area contributed by atoms with Gasteiger partial charge in [-0.15, -0.1) is 0 Å². The van der Waals surface area contributed by atoms with Crippen molar-refractivity contribution in [3.8, 4) is 5.75 Å². The molecule has 21 heavy (non-hydrogen) atoms. The standard InChI is InChI=1S/C18H24N2O/c1-14-10-15(2)12-17(11-14)20(3)8-9-21-18-7-5-4-6-16(18)13-19/h4-7,10-12H,8-9,13,19H2,1-3H3. The first-order valence-corrected chi connectivity index (χ1v) is 7.30. The zero-order chi connectivity index (χ0) is 15.2. The van der Waals surface area contributed by atoms with Crippen LogP contribution < -0.4 is 15.4 Å². The quantitative estimate of drug-likeness (QED) is 0.884. The van der Waals surface area contributed by atoms with Gasteiger partial charge in [0.15, 0.2) is 0 Å². The summed E-state index contributed by atoms with van der Waals surface area (Å²) in [6.45, 7) is 6.22. The van der Waals surface area contributed by atoms with Gasteiger partial charge in [0.25, 0.3) is 0 Å². The number of likely N-dealkylation sites (N-methyl/N-ethyl adjacent to an activating group) is 1. The summed E-state index contributed by atoms with van der Waals surface area (Å²) in [5.41, 5.74) is 10.6. The first-order chi connectivity index (χ1) is 10.1. The highest BCUT2D eigenvalue weighted by Gasteiger charge is 2.04. The molecule has 0 bridgehead atoms. The Morgan fingerprint density at radius 2 is 1.71 bits per heavy atom. The van der Waals surface area contributed by atoms with Gasteiger partial charge in [0.05, 0.1) is 6.54 Å². The molecule has 2 N–H and O–H groups in total. The van der Waals surface area contributed by atoms with Gasteiger partial charge in [-0.25, -0.2) is 0 Å². The molecule has 0 saturated carbocycles. The monoisotopic (exact) mass is 284 g/mol. The summed E-state index contributed by atoms with van der Waals surface area (Å²) < 4.78 is 5.86. The fraction of sp³-hybridized carbons (Fsp3) is 0.333. The van der Waals surface area contributed by atoms with Crippen LogP contribution in [-0.2, 0) is 6.54 Å². The predicted molar refractivity (Wildman–Crippen MR) is 89.0 cm³/mol. The molecule has 0 spiro atoms. The van der Waals surface area contributed by atoms with Crippen LogP contribution in [0.2, 0.25) is 0 Å². The number of nitrogens with two attached hydrogens (primary N) is 1. The van der Waals surface area contributed by atoms with E-state index < -0.39 is 0 Å². The summed E-state index contributed by atoms with van der Waals surface area (Å²) in [5, 5.41) is 0. The van der Waals surface area contributed by atoms with Crippen LogP contribution in [0.15, 0.2) is 42.5 Å². The smallest absolute Gasteiger partial charge is 0.123 e. The molecule has 112 valence electrons. The lowest BCUT2D eigenvalue weighted by Crippen LogP contribution is -2.24. The molecule has 0 amide bonds. The van der Waals surface area contributed by atoms with E-state index in [0.29, 0.717) is 13.2 Å². The van der Waals surface area contributed by atoms with Crippen LogP contribution >= 0.6 is 0 Å². The molecule has 0 fully saturated rings. The zero-order valence-electron chi connectivity index (χ0n) is 13.1. The second kappa shape index (κ2) is 7.14. The Hall–Kier alpha value is -2.00. The van der Waals surface area contributed by atoms with E-state index >= 15 is 0 Å². The largest absolute Gasteiger partial charge is 0.491 e. The number of hydrogen-bond donors (Lipinski definition) is 1. The molecule has 3 heteroatoms. The fourth-order valence-corrected chi connectivity index (χ4v) is 2.41. The number of aryl methyl sites for hydroxylation is 2. The van der Waals surface area contributed by atoms with Crippen molar-refractivity contribution in [3.63, 3.8) is 0 Å². The molecular formula is C18H24N2O. The highest BCUT2D eigenvalue weighted by molar-refractivity contribution is 5.50. The van der Waals surface area contributed by atoms with Crippen molar-refractivity contribution in [1.29, 1.82) is 0 Å². The van der Waals surface area contributed by atoms with Crippen molar-refractivity contribution in [2.45, 2.75) is 20.4 Å². The lowest BCUT2D eigenvalue weighted by atomic mass is 10.1. The van der Waals surface area contributed by atoms with E-state index in [1.54, 1.807) is 0 Å². The van der Waals surface area contributed by atoms with Crippen molar-refractivity contribution in [3.05, 3.63) is 59.2 Å². The van der Waals surface area contributed by atoms with Gasteiger partial charge in [-0.05, 0) is 43.2 Å². The molecule has 0 heterocycles. The van der Waals surface area contributed by atoms with Gasteiger partial charge < -0.3 is 15.4 Å². The zero-order valence-corrected chi connectivity index (χ0v) is 13.1. The number of rotatable bonds is 6. The first kappa shape index (κ1) is 15.4. The maximum atomic E-state index is 5.86. The van der Waals surface area contributed by atoms with Crippen LogP contribution in [0, 0.1) is 13.8 Å². The van der Waals surface area contributed by atoms with Crippen molar-refractivity contribution in [1.82, 2.24) is 0 Å². The van der Waals surface area contributed by atoms with E-state index in [1.165, 1.54) is 16.8 Å². The molecule has 2 rings (SSSR count). The van der Waals surface area contributed by atoms with E-state index in [9.17, 15) is 0 Å². The number of anilines is 1. The minimum Gasteiger partial charge on any atom is -0.491 e. The average molecular weight is 284 g/mol. The van der Waals surface area contributed by atoms with E-state index in [-0.39, 0.29) is 0 Å². The number of ether oxygens (including phenoxy) is 1. The Morgan fingerprint density at radius 3 is 2.38 bits per heavy atom. The highest BCUT2D eigenvalue weighted by atomic mass is 16.5. The van der Waals surface area contributed by atoms with Crippen LogP contribution in [0.3, 0.4) is 0 Å². The second-order valence-electron chi connectivity index (χ2n) is 5.43. The van der Waals surface area contributed by atoms with Crippen molar-refractivity contribution in [2.24, 2.45) is 5.73 Å². The Morgan fingerprint density at radius 1 is 1.05 bits per heavy atom. The molecule has 0 unspecified atom stereocenters. The SMILES string of the molecule is Cc1cc(C)cc(N(C)CCOc2ccccc2CN)c1. The topological polar surface area (TPSA) is 38.5 Å². The molecule has 0 aliphatic carbocycles. The molecule has 2 aromatic carbocycles. The Kier molecular flexibility index (Phi) is 5.23. The molecule has 2 aromatic rings. The van der Waals surface area contributed by atoms with Crippen molar-refractivity contribution >= 4 is 5.69 Å². The predicted octanol–water partition coefficient (Wildman–Crippen LogP) is 3.28. The fourth-order valence-electron chi connectivity index (χ4n) is 2.41. The Bertz CT molecular complexity index is 575. The molecule has 0 aliphatic heterocycles. The minimum atomic E-state index is 0.503. The first-order valence-electron chi connectivity index (χ1n) is 7.30. The van der Waals surface area contributed by atoms with Gasteiger partial charge in [-0.3, -0.25) is 0 Å². The van der Waals surface area contributed by atoms with E-state index in [1.807, 2.05) is 24.3 Å². The molecule has 0 saturated heterocycles. The van der Waals surface area contributed by atoms with Crippen LogP contribution in [-0.4, -0.2) is 20.2 Å². The van der Waals surface area contributed by atoms with E-state index in [0.717, 1.165) is 17.9 Å². The summed E-state index contributed by atoms with van der Waals surface area (Å²) in [4.78, 5) is 2.21. The average Bonchev–Trinajstić information content (AvgIpc) is 2.46. The minimum absolute atomic E-state index is 0.503. The second-order valence-corrected chi connectivity index (χ2v) is 5.43. The van der Waals surface area contributed by atoms with Crippen LogP contribution in [0.1, 0.15) is 16.7 Å². The van der Waals surface area contributed by atoms with Gasteiger partial charge in [0.2, 0.25) is 0 Å². The summed E-state index contributed by atoms with van der Waals surface area (Å²) in [6, 6.07) is 14.5. The third kappa shape index (κ3) is 4.23. The van der Waals surface area contributed by atoms with E-state index in [2.05, 4.69) is 44.0 Å². The third-order valence-electron chi connectivity index (χ3n) is 3.52. The molecule has 3 nitrogen and oxygen atoms in total. The molecule has 0 aliphatic rings. The number of hydrogen-bond acceptors (Lipinski definition) is 3. The summed E-state index contributed by atoms with van der Waals surface area (Å²) in [5.74, 6) is 0.883. The van der Waals surface area contributed by atoms with E-state index in [4.69, 9.17) is 10.5 Å².